The third-order valence-corrected chi connectivity index (χ3v) is 6.10. The highest BCUT2D eigenvalue weighted by Gasteiger charge is 2.23. The number of benzene rings is 2. The van der Waals surface area contributed by atoms with Crippen molar-refractivity contribution in [2.45, 2.75) is 12.3 Å². The summed E-state index contributed by atoms with van der Waals surface area (Å²) in [5.74, 6) is -2.85. The normalized spacial score (nSPS) is 19.2. The van der Waals surface area contributed by atoms with Crippen molar-refractivity contribution in [2.75, 3.05) is 26.3 Å². The van der Waals surface area contributed by atoms with E-state index in [1.165, 1.54) is 0 Å². The highest BCUT2D eigenvalue weighted by atomic mass is 19.2. The minimum atomic E-state index is -0.879. The molecule has 6 nitrogen and oxygen atoms in total. The molecule has 1 saturated heterocycles. The van der Waals surface area contributed by atoms with Crippen LogP contribution in [0.15, 0.2) is 54.1 Å². The molecule has 1 unspecified atom stereocenters. The van der Waals surface area contributed by atoms with Gasteiger partial charge in [0.05, 0.1) is 24.3 Å². The van der Waals surface area contributed by atoms with Crippen molar-refractivity contribution in [3.8, 4) is 0 Å². The average Bonchev–Trinajstić information content (AvgIpc) is 3.18. The van der Waals surface area contributed by atoms with Crippen molar-refractivity contribution in [1.82, 2.24) is 9.88 Å². The molecule has 1 aliphatic heterocycles. The van der Waals surface area contributed by atoms with Gasteiger partial charge in [0.25, 0.3) is 11.8 Å². The summed E-state index contributed by atoms with van der Waals surface area (Å²) in [6.45, 7) is 2.08. The van der Waals surface area contributed by atoms with Crippen molar-refractivity contribution in [1.29, 1.82) is 0 Å². The van der Waals surface area contributed by atoms with Crippen LogP contribution in [0.4, 0.5) is 8.78 Å². The molecule has 2 amide bonds. The molecule has 3 N–H and O–H groups in total. The Labute approximate surface area is 182 Å². The van der Waals surface area contributed by atoms with Crippen LogP contribution in [0, 0.1) is 0 Å². The van der Waals surface area contributed by atoms with Gasteiger partial charge in [-0.1, -0.05) is 6.08 Å². The largest absolute Gasteiger partial charge is 0.378 e. The predicted octanol–water partition coefficient (Wildman–Crippen LogP) is 4.09. The molecule has 8 heteroatoms. The van der Waals surface area contributed by atoms with E-state index in [-0.39, 0.29) is 17.9 Å². The summed E-state index contributed by atoms with van der Waals surface area (Å²) in [6.07, 6.45) is 2.55. The second-order valence-corrected chi connectivity index (χ2v) is 8.07. The van der Waals surface area contributed by atoms with Crippen molar-refractivity contribution >= 4 is 33.6 Å². The first-order valence-electron chi connectivity index (χ1n) is 10.4. The van der Waals surface area contributed by atoms with Crippen LogP contribution in [0.3, 0.4) is 0 Å². The van der Waals surface area contributed by atoms with Crippen molar-refractivity contribution < 1.29 is 23.1 Å². The van der Waals surface area contributed by atoms with Crippen LogP contribution in [-0.4, -0.2) is 48.0 Å². The monoisotopic (exact) mass is 437 g/mol. The molecule has 1 aromatic heterocycles. The Balaban J connectivity index is 1.63. The maximum absolute atomic E-state index is 13.9. The third-order valence-electron chi connectivity index (χ3n) is 6.10. The van der Waals surface area contributed by atoms with Gasteiger partial charge < -0.3 is 20.4 Å². The second kappa shape index (κ2) is 7.87. The number of nitrogens with one attached hydrogen (secondary N) is 1. The number of aromatic amines is 1. The number of nitrogens with two attached hydrogens (primary N) is 1. The molecule has 5 rings (SSSR count). The molecule has 2 aromatic carbocycles. The SMILES string of the molecule is NC(=O)c1cc(C2C=CC(F)=C(F)C2)cc2c1[nH]c1ccc(C(=O)N3CCOCC3)cc12. The van der Waals surface area contributed by atoms with Crippen molar-refractivity contribution in [3.63, 3.8) is 0 Å². The Morgan fingerprint density at radius 3 is 2.59 bits per heavy atom. The quantitative estimate of drug-likeness (QED) is 0.647. The lowest BCUT2D eigenvalue weighted by atomic mass is 9.89. The number of carbonyl (C=O) groups excluding carboxylic acids is 2. The van der Waals surface area contributed by atoms with Crippen LogP contribution < -0.4 is 5.73 Å². The van der Waals surface area contributed by atoms with Crippen LogP contribution in [0.2, 0.25) is 0 Å². The lowest BCUT2D eigenvalue weighted by molar-refractivity contribution is 0.0303. The lowest BCUT2D eigenvalue weighted by Crippen LogP contribution is -2.40. The number of H-pyrrole nitrogens is 1. The second-order valence-electron chi connectivity index (χ2n) is 8.07. The molecule has 0 spiro atoms. The molecule has 0 saturated carbocycles. The molecule has 32 heavy (non-hydrogen) atoms. The number of halogens is 2. The van der Waals surface area contributed by atoms with Gasteiger partial charge in [0, 0.05) is 47.3 Å². The van der Waals surface area contributed by atoms with Gasteiger partial charge in [-0.2, -0.15) is 0 Å². The zero-order valence-electron chi connectivity index (χ0n) is 17.2. The maximum atomic E-state index is 13.9. The van der Waals surface area contributed by atoms with Crippen LogP contribution in [-0.2, 0) is 4.74 Å². The summed E-state index contributed by atoms with van der Waals surface area (Å²) < 4.78 is 32.7. The van der Waals surface area contributed by atoms with Gasteiger partial charge in [-0.15, -0.1) is 0 Å². The van der Waals surface area contributed by atoms with Crippen LogP contribution >= 0.6 is 0 Å². The molecule has 1 atom stereocenters. The summed E-state index contributed by atoms with van der Waals surface area (Å²) in [7, 11) is 0. The van der Waals surface area contributed by atoms with Gasteiger partial charge in [0.15, 0.2) is 5.83 Å². The maximum Gasteiger partial charge on any atom is 0.254 e. The van der Waals surface area contributed by atoms with Crippen molar-refractivity contribution in [3.05, 3.63) is 70.8 Å². The zero-order valence-corrected chi connectivity index (χ0v) is 17.2. The molecule has 2 aliphatic rings. The number of allylic oxidation sites excluding steroid dienone is 4. The molecule has 164 valence electrons. The minimum absolute atomic E-state index is 0.0891. The molecule has 1 fully saturated rings. The summed E-state index contributed by atoms with van der Waals surface area (Å²) >= 11 is 0. The number of primary amides is 1. The molecule has 3 aromatic rings. The van der Waals surface area contributed by atoms with Crippen LogP contribution in [0.1, 0.15) is 38.6 Å². The zero-order chi connectivity index (χ0) is 22.4. The number of aromatic nitrogens is 1. The van der Waals surface area contributed by atoms with Gasteiger partial charge in [-0.05, 0) is 42.0 Å². The Bertz CT molecular complexity index is 1320. The molecule has 1 aliphatic carbocycles. The number of nitrogens with zero attached hydrogens (tertiary/aromatic N) is 1. The highest BCUT2D eigenvalue weighted by Crippen LogP contribution is 2.37. The molecular formula is C24H21F2N3O3. The van der Waals surface area contributed by atoms with E-state index >= 15 is 0 Å². The number of carbonyl (C=O) groups is 2. The van der Waals surface area contributed by atoms with E-state index in [0.717, 1.165) is 17.0 Å². The van der Waals surface area contributed by atoms with E-state index in [0.29, 0.717) is 48.3 Å². The number of fused-ring (bicyclic) bond motifs is 3. The van der Waals surface area contributed by atoms with Gasteiger partial charge in [0.2, 0.25) is 0 Å². The van der Waals surface area contributed by atoms with Crippen LogP contribution in [0.5, 0.6) is 0 Å². The first-order chi connectivity index (χ1) is 15.4. The number of amides is 2. The van der Waals surface area contributed by atoms with E-state index in [1.807, 2.05) is 6.07 Å². The van der Waals surface area contributed by atoms with Gasteiger partial charge in [-0.25, -0.2) is 8.78 Å². The topological polar surface area (TPSA) is 88.4 Å². The number of ether oxygens (including phenoxy) is 1. The first-order valence-corrected chi connectivity index (χ1v) is 10.4. The fourth-order valence-electron chi connectivity index (χ4n) is 4.39. The summed E-state index contributed by atoms with van der Waals surface area (Å²) in [4.78, 5) is 30.1. The fraction of sp³-hybridized carbons (Fsp3) is 0.250. The Hall–Kier alpha value is -3.52. The molecule has 0 radical (unpaired) electrons. The lowest BCUT2D eigenvalue weighted by Gasteiger charge is -2.26. The number of morpholine rings is 1. The van der Waals surface area contributed by atoms with E-state index in [4.69, 9.17) is 10.5 Å². The van der Waals surface area contributed by atoms with E-state index in [2.05, 4.69) is 4.98 Å². The van der Waals surface area contributed by atoms with E-state index in [1.54, 1.807) is 35.2 Å². The average molecular weight is 437 g/mol. The summed E-state index contributed by atoms with van der Waals surface area (Å²) in [5, 5.41) is 1.46. The fourth-order valence-corrected chi connectivity index (χ4v) is 4.39. The first kappa shape index (κ1) is 20.4. The summed E-state index contributed by atoms with van der Waals surface area (Å²) in [6, 6.07) is 8.79. The smallest absolute Gasteiger partial charge is 0.254 e. The third kappa shape index (κ3) is 3.46. The number of hydrogen-bond donors (Lipinski definition) is 2. The van der Waals surface area contributed by atoms with Gasteiger partial charge in [-0.3, -0.25) is 9.59 Å². The van der Waals surface area contributed by atoms with Gasteiger partial charge in [0.1, 0.15) is 5.83 Å². The van der Waals surface area contributed by atoms with Gasteiger partial charge >= 0.3 is 0 Å². The predicted molar refractivity (Wildman–Crippen MR) is 117 cm³/mol. The summed E-state index contributed by atoms with van der Waals surface area (Å²) in [5.41, 5.74) is 8.37. The Kier molecular flexibility index (Phi) is 5.01. The molecule has 2 heterocycles. The number of hydrogen-bond acceptors (Lipinski definition) is 3. The van der Waals surface area contributed by atoms with Crippen molar-refractivity contribution in [2.24, 2.45) is 5.73 Å². The molecule has 0 bridgehead atoms. The highest BCUT2D eigenvalue weighted by molar-refractivity contribution is 6.16. The van der Waals surface area contributed by atoms with E-state index < -0.39 is 23.5 Å². The standard InChI is InChI=1S/C24H21F2N3O3/c25-19-3-1-13(12-20(19)26)15-10-17-16-9-14(24(31)29-5-7-32-8-6-29)2-4-21(16)28-22(17)18(11-15)23(27)30/h1-4,9-11,13,28H,5-8,12H2,(H2,27,30). The van der Waals surface area contributed by atoms with E-state index in [9.17, 15) is 18.4 Å². The van der Waals surface area contributed by atoms with Crippen LogP contribution in [0.25, 0.3) is 21.8 Å². The minimum Gasteiger partial charge on any atom is -0.378 e. The Morgan fingerprint density at radius 2 is 1.88 bits per heavy atom. The number of rotatable bonds is 3. The molecular weight excluding hydrogens is 416 g/mol. The Morgan fingerprint density at radius 1 is 1.09 bits per heavy atom.